The van der Waals surface area contributed by atoms with Crippen molar-refractivity contribution in [1.82, 2.24) is 9.97 Å². The molecular weight excluding hydrogens is 240 g/mol. The van der Waals surface area contributed by atoms with Crippen LogP contribution in [0.4, 0.5) is 11.5 Å². The molecule has 2 aliphatic rings. The van der Waals surface area contributed by atoms with Crippen molar-refractivity contribution in [3.05, 3.63) is 11.5 Å². The number of nitrogens with two attached hydrogens (primary N) is 1. The van der Waals surface area contributed by atoms with Gasteiger partial charge in [0.25, 0.3) is 0 Å². The third-order valence-electron chi connectivity index (χ3n) is 3.52. The van der Waals surface area contributed by atoms with Gasteiger partial charge in [-0.2, -0.15) is 4.98 Å². The fraction of sp³-hybridized carbons (Fsp3) is 0.636. The van der Waals surface area contributed by atoms with E-state index in [2.05, 4.69) is 14.9 Å². The Labute approximate surface area is 105 Å². The molecule has 1 aliphatic heterocycles. The van der Waals surface area contributed by atoms with E-state index in [-0.39, 0.29) is 5.28 Å². The van der Waals surface area contributed by atoms with Crippen molar-refractivity contribution in [3.8, 4) is 0 Å². The Hall–Kier alpha value is -1.07. The van der Waals surface area contributed by atoms with E-state index in [0.717, 1.165) is 31.8 Å². The van der Waals surface area contributed by atoms with Gasteiger partial charge in [-0.3, -0.25) is 0 Å². The lowest BCUT2D eigenvalue weighted by Gasteiger charge is -2.38. The van der Waals surface area contributed by atoms with Crippen LogP contribution in [-0.4, -0.2) is 35.3 Å². The summed E-state index contributed by atoms with van der Waals surface area (Å²) < 4.78 is 5.76. The van der Waals surface area contributed by atoms with Crippen LogP contribution in [-0.2, 0) is 4.74 Å². The van der Waals surface area contributed by atoms with E-state index in [1.165, 1.54) is 6.42 Å². The quantitative estimate of drug-likeness (QED) is 0.769. The maximum absolute atomic E-state index is 5.94. The Morgan fingerprint density at radius 2 is 2.35 bits per heavy atom. The Bertz CT molecular complexity index is 428. The Balaban J connectivity index is 1.94. The van der Waals surface area contributed by atoms with Gasteiger partial charge in [0.1, 0.15) is 0 Å². The highest BCUT2D eigenvalue weighted by atomic mass is 35.5. The van der Waals surface area contributed by atoms with Crippen molar-refractivity contribution in [3.63, 3.8) is 0 Å². The standard InChI is InChI=1S/C11H15ClN4O/c12-11-14-6-7(13)10(15-11)16-4-5-17-9-3-1-2-8(9)16/h6,8-9H,1-5,13H2. The molecule has 92 valence electrons. The molecule has 5 nitrogen and oxygen atoms in total. The minimum atomic E-state index is 0.246. The smallest absolute Gasteiger partial charge is 0.224 e. The molecule has 3 rings (SSSR count). The van der Waals surface area contributed by atoms with E-state index in [1.807, 2.05) is 0 Å². The third-order valence-corrected chi connectivity index (χ3v) is 3.70. The molecular formula is C11H15ClN4O. The second-order valence-electron chi connectivity index (χ2n) is 4.52. The normalized spacial score (nSPS) is 28.2. The van der Waals surface area contributed by atoms with Crippen LogP contribution < -0.4 is 10.6 Å². The predicted octanol–water partition coefficient (Wildman–Crippen LogP) is 1.47. The summed E-state index contributed by atoms with van der Waals surface area (Å²) in [6.45, 7) is 1.54. The van der Waals surface area contributed by atoms with Crippen molar-refractivity contribution in [2.45, 2.75) is 31.4 Å². The van der Waals surface area contributed by atoms with Gasteiger partial charge in [-0.05, 0) is 30.9 Å². The molecule has 17 heavy (non-hydrogen) atoms. The number of anilines is 2. The molecule has 0 bridgehead atoms. The van der Waals surface area contributed by atoms with Gasteiger partial charge in [0.05, 0.1) is 30.6 Å². The number of rotatable bonds is 1. The third kappa shape index (κ3) is 1.93. The van der Waals surface area contributed by atoms with E-state index in [1.54, 1.807) is 6.20 Å². The minimum absolute atomic E-state index is 0.246. The summed E-state index contributed by atoms with van der Waals surface area (Å²) >= 11 is 5.84. The van der Waals surface area contributed by atoms with Crippen LogP contribution in [0.2, 0.25) is 5.28 Å². The van der Waals surface area contributed by atoms with Crippen molar-refractivity contribution < 1.29 is 4.74 Å². The van der Waals surface area contributed by atoms with Gasteiger partial charge in [-0.25, -0.2) is 4.98 Å². The maximum atomic E-state index is 5.94. The minimum Gasteiger partial charge on any atom is -0.394 e. The number of nitrogens with zero attached hydrogens (tertiary/aromatic N) is 3. The number of nitrogen functional groups attached to an aromatic ring is 1. The predicted molar refractivity (Wildman–Crippen MR) is 66.2 cm³/mol. The number of hydrogen-bond acceptors (Lipinski definition) is 5. The molecule has 6 heteroatoms. The Kier molecular flexibility index (Phi) is 2.80. The van der Waals surface area contributed by atoms with Crippen molar-refractivity contribution in [2.24, 2.45) is 0 Å². The number of aromatic nitrogens is 2. The van der Waals surface area contributed by atoms with Crippen molar-refractivity contribution in [2.75, 3.05) is 23.8 Å². The molecule has 1 aromatic heterocycles. The SMILES string of the molecule is Nc1cnc(Cl)nc1N1CCOC2CCCC21. The molecule has 1 aromatic rings. The van der Waals surface area contributed by atoms with Crippen LogP contribution in [0.1, 0.15) is 19.3 Å². The summed E-state index contributed by atoms with van der Waals surface area (Å²) in [5, 5.41) is 0.246. The van der Waals surface area contributed by atoms with Gasteiger partial charge in [0.2, 0.25) is 5.28 Å². The molecule has 2 fully saturated rings. The molecule has 2 heterocycles. The Morgan fingerprint density at radius 3 is 3.24 bits per heavy atom. The van der Waals surface area contributed by atoms with Gasteiger partial charge in [0.15, 0.2) is 5.82 Å². The van der Waals surface area contributed by atoms with Crippen LogP contribution in [0.5, 0.6) is 0 Å². The van der Waals surface area contributed by atoms with E-state index in [0.29, 0.717) is 17.8 Å². The van der Waals surface area contributed by atoms with E-state index >= 15 is 0 Å². The molecule has 2 unspecified atom stereocenters. The molecule has 2 atom stereocenters. The molecule has 1 aliphatic carbocycles. The van der Waals surface area contributed by atoms with Crippen LogP contribution in [0.3, 0.4) is 0 Å². The zero-order chi connectivity index (χ0) is 11.8. The summed E-state index contributed by atoms with van der Waals surface area (Å²) in [4.78, 5) is 10.4. The summed E-state index contributed by atoms with van der Waals surface area (Å²) in [7, 11) is 0. The molecule has 0 aromatic carbocycles. The average molecular weight is 255 g/mol. The lowest BCUT2D eigenvalue weighted by atomic mass is 10.1. The number of ether oxygens (including phenoxy) is 1. The molecule has 1 saturated carbocycles. The van der Waals surface area contributed by atoms with Crippen LogP contribution in [0.15, 0.2) is 6.20 Å². The summed E-state index contributed by atoms with van der Waals surface area (Å²) in [6, 6.07) is 0.386. The zero-order valence-corrected chi connectivity index (χ0v) is 10.2. The number of hydrogen-bond donors (Lipinski definition) is 1. The highest BCUT2D eigenvalue weighted by Crippen LogP contribution is 2.34. The number of morpholine rings is 1. The molecule has 0 spiro atoms. The fourth-order valence-corrected chi connectivity index (χ4v) is 2.91. The Morgan fingerprint density at radius 1 is 1.47 bits per heavy atom. The summed E-state index contributed by atoms with van der Waals surface area (Å²) in [5.74, 6) is 0.755. The van der Waals surface area contributed by atoms with Crippen LogP contribution in [0, 0.1) is 0 Å². The van der Waals surface area contributed by atoms with Gasteiger partial charge in [-0.1, -0.05) is 0 Å². The maximum Gasteiger partial charge on any atom is 0.224 e. The topological polar surface area (TPSA) is 64.3 Å². The second-order valence-corrected chi connectivity index (χ2v) is 4.86. The highest BCUT2D eigenvalue weighted by molar-refractivity contribution is 6.28. The summed E-state index contributed by atoms with van der Waals surface area (Å²) in [5.41, 5.74) is 6.52. The number of fused-ring (bicyclic) bond motifs is 1. The van der Waals surface area contributed by atoms with E-state index in [4.69, 9.17) is 22.1 Å². The first-order valence-electron chi connectivity index (χ1n) is 5.92. The van der Waals surface area contributed by atoms with Gasteiger partial charge < -0.3 is 15.4 Å². The molecule has 2 N–H and O–H groups in total. The first kappa shape index (κ1) is 11.0. The van der Waals surface area contributed by atoms with Crippen LogP contribution >= 0.6 is 11.6 Å². The van der Waals surface area contributed by atoms with Crippen LogP contribution in [0.25, 0.3) is 0 Å². The number of halogens is 1. The van der Waals surface area contributed by atoms with Gasteiger partial charge in [-0.15, -0.1) is 0 Å². The molecule has 0 radical (unpaired) electrons. The largest absolute Gasteiger partial charge is 0.394 e. The van der Waals surface area contributed by atoms with E-state index < -0.39 is 0 Å². The lowest BCUT2D eigenvalue weighted by molar-refractivity contribution is 0.0254. The van der Waals surface area contributed by atoms with Crippen molar-refractivity contribution >= 4 is 23.1 Å². The van der Waals surface area contributed by atoms with E-state index in [9.17, 15) is 0 Å². The van der Waals surface area contributed by atoms with Gasteiger partial charge in [0, 0.05) is 6.54 Å². The lowest BCUT2D eigenvalue weighted by Crippen LogP contribution is -2.49. The molecule has 0 amide bonds. The summed E-state index contributed by atoms with van der Waals surface area (Å²) in [6.07, 6.45) is 5.34. The fourth-order valence-electron chi connectivity index (χ4n) is 2.78. The second kappa shape index (κ2) is 4.31. The van der Waals surface area contributed by atoms with Crippen molar-refractivity contribution in [1.29, 1.82) is 0 Å². The highest BCUT2D eigenvalue weighted by Gasteiger charge is 2.37. The average Bonchev–Trinajstić information content (AvgIpc) is 2.80. The van der Waals surface area contributed by atoms with Gasteiger partial charge >= 0.3 is 0 Å². The zero-order valence-electron chi connectivity index (χ0n) is 9.47. The first-order chi connectivity index (χ1) is 8.25. The first-order valence-corrected chi connectivity index (χ1v) is 6.30. The monoisotopic (exact) mass is 254 g/mol. The molecule has 1 saturated heterocycles.